The summed E-state index contributed by atoms with van der Waals surface area (Å²) in [7, 11) is 0. The molecule has 2 atom stereocenters. The molecule has 5 nitrogen and oxygen atoms in total. The molecule has 1 fully saturated rings. The van der Waals surface area contributed by atoms with Crippen LogP contribution in [0.5, 0.6) is 0 Å². The molecule has 2 aliphatic heterocycles. The zero-order valence-electron chi connectivity index (χ0n) is 17.6. The minimum absolute atomic E-state index is 0.0469. The van der Waals surface area contributed by atoms with Gasteiger partial charge in [-0.15, -0.1) is 0 Å². The lowest BCUT2D eigenvalue weighted by Gasteiger charge is -2.43. The van der Waals surface area contributed by atoms with Crippen LogP contribution in [0.1, 0.15) is 28.4 Å². The quantitative estimate of drug-likeness (QED) is 0.484. The minimum Gasteiger partial charge on any atom is -0.338 e. The zero-order chi connectivity index (χ0) is 21.7. The van der Waals surface area contributed by atoms with E-state index < -0.39 is 0 Å². The molecule has 0 aliphatic carbocycles. The number of carbonyl (C=O) groups is 1. The molecular formula is C27H23N3O2. The van der Waals surface area contributed by atoms with Gasteiger partial charge < -0.3 is 9.47 Å². The van der Waals surface area contributed by atoms with Gasteiger partial charge >= 0.3 is 0 Å². The van der Waals surface area contributed by atoms with Crippen LogP contribution in [0.3, 0.4) is 0 Å². The Morgan fingerprint density at radius 2 is 1.69 bits per heavy atom. The average Bonchev–Trinajstić information content (AvgIpc) is 2.84. The van der Waals surface area contributed by atoms with E-state index in [2.05, 4.69) is 35.3 Å². The summed E-state index contributed by atoms with van der Waals surface area (Å²) in [5, 5.41) is 2.30. The number of pyridine rings is 2. The lowest BCUT2D eigenvalue weighted by atomic mass is 9.82. The lowest BCUT2D eigenvalue weighted by molar-refractivity contribution is 0.0594. The van der Waals surface area contributed by atoms with Crippen LogP contribution in [-0.2, 0) is 6.54 Å². The molecule has 0 spiro atoms. The Morgan fingerprint density at radius 3 is 2.53 bits per heavy atom. The number of piperidine rings is 1. The molecule has 4 aromatic rings. The van der Waals surface area contributed by atoms with Gasteiger partial charge in [-0.1, -0.05) is 36.4 Å². The van der Waals surface area contributed by atoms with E-state index in [0.29, 0.717) is 25.2 Å². The van der Waals surface area contributed by atoms with Gasteiger partial charge in [0.05, 0.1) is 0 Å². The lowest BCUT2D eigenvalue weighted by Crippen LogP contribution is -2.49. The number of carbonyl (C=O) groups excluding carboxylic acids is 1. The third-order valence-corrected chi connectivity index (χ3v) is 6.88. The first-order chi connectivity index (χ1) is 15.7. The van der Waals surface area contributed by atoms with Crippen LogP contribution in [0.4, 0.5) is 0 Å². The van der Waals surface area contributed by atoms with Crippen molar-refractivity contribution in [1.82, 2.24) is 14.5 Å². The molecule has 2 aliphatic rings. The topological polar surface area (TPSA) is 55.2 Å². The Labute approximate surface area is 186 Å². The van der Waals surface area contributed by atoms with Crippen LogP contribution in [-0.4, -0.2) is 33.4 Å². The van der Waals surface area contributed by atoms with E-state index in [-0.39, 0.29) is 23.3 Å². The first-order valence-corrected chi connectivity index (χ1v) is 11.1. The van der Waals surface area contributed by atoms with Crippen LogP contribution in [0.15, 0.2) is 83.9 Å². The molecule has 0 N–H and O–H groups in total. The van der Waals surface area contributed by atoms with Crippen molar-refractivity contribution in [3.8, 4) is 11.1 Å². The van der Waals surface area contributed by atoms with Gasteiger partial charge in [0, 0.05) is 54.8 Å². The van der Waals surface area contributed by atoms with Crippen molar-refractivity contribution in [2.24, 2.45) is 5.92 Å². The van der Waals surface area contributed by atoms with Crippen molar-refractivity contribution in [3.63, 3.8) is 0 Å². The van der Waals surface area contributed by atoms with Gasteiger partial charge in [0.2, 0.25) is 0 Å². The number of benzene rings is 2. The summed E-state index contributed by atoms with van der Waals surface area (Å²) in [5.74, 6) is 0.522. The van der Waals surface area contributed by atoms with Gasteiger partial charge in [-0.25, -0.2) is 0 Å². The standard InChI is InChI=1S/C27H23N3O2/c31-26(20-9-11-28-12-10-20)29-15-18-13-23(17-29)25-8-7-24(27(32)30(25)16-18)22-6-5-19-3-1-2-4-21(19)14-22/h1-12,14,18,23H,13,15-17H2/t18-,23+/m0/s1. The number of rotatable bonds is 2. The summed E-state index contributed by atoms with van der Waals surface area (Å²) in [6.45, 7) is 1.99. The summed E-state index contributed by atoms with van der Waals surface area (Å²) < 4.78 is 1.96. The number of nitrogens with zero attached hydrogens (tertiary/aromatic N) is 3. The van der Waals surface area contributed by atoms with E-state index >= 15 is 0 Å². The summed E-state index contributed by atoms with van der Waals surface area (Å²) >= 11 is 0. The molecule has 4 heterocycles. The van der Waals surface area contributed by atoms with E-state index in [1.165, 1.54) is 5.39 Å². The predicted octanol–water partition coefficient (Wildman–Crippen LogP) is 4.32. The van der Waals surface area contributed by atoms with Crippen LogP contribution in [0.25, 0.3) is 21.9 Å². The minimum atomic E-state index is 0.0469. The first-order valence-electron chi connectivity index (χ1n) is 11.1. The van der Waals surface area contributed by atoms with Gasteiger partial charge in [-0.05, 0) is 59.0 Å². The first kappa shape index (κ1) is 19.0. The van der Waals surface area contributed by atoms with Gasteiger partial charge in [0.25, 0.3) is 11.5 Å². The van der Waals surface area contributed by atoms with Crippen molar-refractivity contribution in [3.05, 3.63) is 101 Å². The summed E-state index contributed by atoms with van der Waals surface area (Å²) in [6.07, 6.45) is 4.33. The van der Waals surface area contributed by atoms with Crippen molar-refractivity contribution in [2.75, 3.05) is 13.1 Å². The Morgan fingerprint density at radius 1 is 0.875 bits per heavy atom. The summed E-state index contributed by atoms with van der Waals surface area (Å²) in [6, 6.07) is 22.0. The molecule has 5 heteroatoms. The highest BCUT2D eigenvalue weighted by atomic mass is 16.2. The Balaban J connectivity index is 1.34. The van der Waals surface area contributed by atoms with Crippen LogP contribution in [0, 0.1) is 5.92 Å². The Kier molecular flexibility index (Phi) is 4.42. The highest BCUT2D eigenvalue weighted by molar-refractivity contribution is 5.94. The maximum atomic E-state index is 13.5. The van der Waals surface area contributed by atoms with Crippen molar-refractivity contribution in [1.29, 1.82) is 0 Å². The molecule has 6 rings (SSSR count). The fraction of sp³-hybridized carbons (Fsp3) is 0.222. The predicted molar refractivity (Wildman–Crippen MR) is 125 cm³/mol. The Hall–Kier alpha value is -3.73. The molecule has 0 radical (unpaired) electrons. The number of hydrogen-bond donors (Lipinski definition) is 0. The monoisotopic (exact) mass is 421 g/mol. The smallest absolute Gasteiger partial charge is 0.258 e. The Bertz CT molecular complexity index is 1390. The highest BCUT2D eigenvalue weighted by Gasteiger charge is 2.37. The summed E-state index contributed by atoms with van der Waals surface area (Å²) in [4.78, 5) is 32.4. The van der Waals surface area contributed by atoms with Crippen LogP contribution < -0.4 is 5.56 Å². The molecule has 0 saturated carbocycles. The van der Waals surface area contributed by atoms with E-state index in [9.17, 15) is 9.59 Å². The van der Waals surface area contributed by atoms with Crippen molar-refractivity contribution < 1.29 is 4.79 Å². The third kappa shape index (κ3) is 3.12. The van der Waals surface area contributed by atoms with Gasteiger partial charge in [0.1, 0.15) is 0 Å². The molecule has 32 heavy (non-hydrogen) atoms. The molecule has 158 valence electrons. The largest absolute Gasteiger partial charge is 0.338 e. The fourth-order valence-corrected chi connectivity index (χ4v) is 5.37. The van der Waals surface area contributed by atoms with Crippen molar-refractivity contribution >= 4 is 16.7 Å². The van der Waals surface area contributed by atoms with E-state index in [4.69, 9.17) is 0 Å². The number of amides is 1. The van der Waals surface area contributed by atoms with E-state index in [1.54, 1.807) is 24.5 Å². The molecule has 1 amide bonds. The highest BCUT2D eigenvalue weighted by Crippen LogP contribution is 2.36. The number of hydrogen-bond acceptors (Lipinski definition) is 3. The van der Waals surface area contributed by atoms with Crippen LogP contribution in [0.2, 0.25) is 0 Å². The van der Waals surface area contributed by atoms with E-state index in [0.717, 1.165) is 28.6 Å². The zero-order valence-corrected chi connectivity index (χ0v) is 17.6. The maximum Gasteiger partial charge on any atom is 0.258 e. The SMILES string of the molecule is O=C(c1ccncc1)N1C[C@@H]2C[C@H](C1)c1ccc(-c3ccc4ccccc4c3)c(=O)n1C2. The number of fused-ring (bicyclic) bond motifs is 5. The van der Waals surface area contributed by atoms with Gasteiger partial charge in [-0.2, -0.15) is 0 Å². The third-order valence-electron chi connectivity index (χ3n) is 6.88. The molecule has 0 unspecified atom stereocenters. The second-order valence-electron chi connectivity index (χ2n) is 8.89. The average molecular weight is 422 g/mol. The molecule has 1 saturated heterocycles. The number of aromatic nitrogens is 2. The number of likely N-dealkylation sites (tertiary alicyclic amines) is 1. The van der Waals surface area contributed by atoms with Gasteiger partial charge in [0.15, 0.2) is 0 Å². The molecule has 2 bridgehead atoms. The summed E-state index contributed by atoms with van der Waals surface area (Å²) in [5.41, 5.74) is 3.48. The molecule has 2 aromatic carbocycles. The van der Waals surface area contributed by atoms with E-state index in [1.807, 2.05) is 33.7 Å². The maximum absolute atomic E-state index is 13.5. The molecular weight excluding hydrogens is 398 g/mol. The second kappa shape index (κ2) is 7.45. The second-order valence-corrected chi connectivity index (χ2v) is 8.89. The normalized spacial score (nSPS) is 19.6. The van der Waals surface area contributed by atoms with Crippen LogP contribution >= 0.6 is 0 Å². The molecule has 2 aromatic heterocycles. The van der Waals surface area contributed by atoms with Gasteiger partial charge in [-0.3, -0.25) is 14.6 Å². The fourth-order valence-electron chi connectivity index (χ4n) is 5.37. The van der Waals surface area contributed by atoms with Crippen molar-refractivity contribution in [2.45, 2.75) is 18.9 Å².